The largest absolute Gasteiger partial charge is 0.336 e. The normalized spacial score (nSPS) is 16.5. The highest BCUT2D eigenvalue weighted by molar-refractivity contribution is 6.39. The van der Waals surface area contributed by atoms with Crippen molar-refractivity contribution in [2.45, 2.75) is 0 Å². The number of para-hydroxylation sites is 1. The SMILES string of the molecule is O=C1NC(=O)N(c2ccccc2F)C(=O)/C1=C/c1ccc(Cl)cc1. The monoisotopic (exact) mass is 344 g/mol. The first kappa shape index (κ1) is 15.9. The number of rotatable bonds is 2. The molecule has 3 rings (SSSR count). The summed E-state index contributed by atoms with van der Waals surface area (Å²) < 4.78 is 13.9. The predicted molar refractivity (Wildman–Crippen MR) is 86.9 cm³/mol. The summed E-state index contributed by atoms with van der Waals surface area (Å²) in [6.45, 7) is 0. The van der Waals surface area contributed by atoms with Crippen molar-refractivity contribution in [3.05, 3.63) is 70.5 Å². The summed E-state index contributed by atoms with van der Waals surface area (Å²) in [5, 5.41) is 2.53. The molecule has 5 nitrogen and oxygen atoms in total. The predicted octanol–water partition coefficient (Wildman–Crippen LogP) is 3.15. The maximum atomic E-state index is 13.9. The number of barbiturate groups is 1. The van der Waals surface area contributed by atoms with Gasteiger partial charge in [0.1, 0.15) is 11.4 Å². The van der Waals surface area contributed by atoms with Crippen LogP contribution in [0.25, 0.3) is 6.08 Å². The van der Waals surface area contributed by atoms with Crippen molar-refractivity contribution >= 4 is 41.2 Å². The van der Waals surface area contributed by atoms with Gasteiger partial charge in [0.05, 0.1) is 5.69 Å². The van der Waals surface area contributed by atoms with Gasteiger partial charge in [0.15, 0.2) is 0 Å². The van der Waals surface area contributed by atoms with Gasteiger partial charge in [-0.1, -0.05) is 35.9 Å². The third-order valence-electron chi connectivity index (χ3n) is 3.38. The van der Waals surface area contributed by atoms with E-state index in [0.717, 1.165) is 6.07 Å². The lowest BCUT2D eigenvalue weighted by atomic mass is 10.1. The van der Waals surface area contributed by atoms with Crippen LogP contribution in [0, 0.1) is 5.82 Å². The van der Waals surface area contributed by atoms with E-state index < -0.39 is 23.7 Å². The zero-order valence-corrected chi connectivity index (χ0v) is 12.9. The minimum absolute atomic E-state index is 0.227. The Morgan fingerprint density at radius 2 is 1.67 bits per heavy atom. The lowest BCUT2D eigenvalue weighted by molar-refractivity contribution is -0.122. The molecule has 120 valence electrons. The smallest absolute Gasteiger partial charge is 0.273 e. The van der Waals surface area contributed by atoms with E-state index in [4.69, 9.17) is 11.6 Å². The average Bonchev–Trinajstić information content (AvgIpc) is 2.55. The van der Waals surface area contributed by atoms with Crippen molar-refractivity contribution in [2.75, 3.05) is 4.90 Å². The Balaban J connectivity index is 2.03. The first-order chi connectivity index (χ1) is 11.5. The number of nitrogens with zero attached hydrogens (tertiary/aromatic N) is 1. The number of hydrogen-bond acceptors (Lipinski definition) is 3. The number of hydrogen-bond donors (Lipinski definition) is 1. The molecule has 0 aliphatic carbocycles. The number of carbonyl (C=O) groups is 3. The Bertz CT molecular complexity index is 878. The quantitative estimate of drug-likeness (QED) is 0.672. The molecule has 1 heterocycles. The zero-order valence-electron chi connectivity index (χ0n) is 12.1. The number of imide groups is 2. The summed E-state index contributed by atoms with van der Waals surface area (Å²) in [4.78, 5) is 37.1. The second kappa shape index (κ2) is 6.25. The number of halogens is 2. The number of anilines is 1. The Kier molecular flexibility index (Phi) is 4.14. The van der Waals surface area contributed by atoms with Gasteiger partial charge in [-0.25, -0.2) is 14.1 Å². The van der Waals surface area contributed by atoms with Crippen LogP contribution in [0.3, 0.4) is 0 Å². The van der Waals surface area contributed by atoms with E-state index >= 15 is 0 Å². The van der Waals surface area contributed by atoms with E-state index in [1.807, 2.05) is 5.32 Å². The number of benzene rings is 2. The molecule has 2 aromatic carbocycles. The van der Waals surface area contributed by atoms with E-state index in [1.54, 1.807) is 24.3 Å². The van der Waals surface area contributed by atoms with Crippen LogP contribution in [0.5, 0.6) is 0 Å². The highest BCUT2D eigenvalue weighted by atomic mass is 35.5. The summed E-state index contributed by atoms with van der Waals surface area (Å²) in [5.74, 6) is -2.49. The summed E-state index contributed by atoms with van der Waals surface area (Å²) in [7, 11) is 0. The highest BCUT2D eigenvalue weighted by Gasteiger charge is 2.37. The average molecular weight is 345 g/mol. The maximum Gasteiger partial charge on any atom is 0.336 e. The van der Waals surface area contributed by atoms with E-state index in [9.17, 15) is 18.8 Å². The molecule has 0 saturated carbocycles. The van der Waals surface area contributed by atoms with Crippen LogP contribution in [0.15, 0.2) is 54.1 Å². The van der Waals surface area contributed by atoms with E-state index in [0.29, 0.717) is 15.5 Å². The van der Waals surface area contributed by atoms with Gasteiger partial charge in [0.2, 0.25) is 0 Å². The molecular formula is C17H10ClFN2O3. The van der Waals surface area contributed by atoms with Crippen molar-refractivity contribution in [1.29, 1.82) is 0 Å². The van der Waals surface area contributed by atoms with Crippen molar-refractivity contribution < 1.29 is 18.8 Å². The van der Waals surface area contributed by atoms with Crippen LogP contribution in [-0.2, 0) is 9.59 Å². The molecule has 0 atom stereocenters. The molecule has 0 aromatic heterocycles. The van der Waals surface area contributed by atoms with Gasteiger partial charge in [0, 0.05) is 5.02 Å². The third-order valence-corrected chi connectivity index (χ3v) is 3.63. The molecule has 0 bridgehead atoms. The molecule has 1 aliphatic rings. The van der Waals surface area contributed by atoms with Crippen LogP contribution in [-0.4, -0.2) is 17.8 Å². The van der Waals surface area contributed by atoms with Crippen molar-refractivity contribution in [1.82, 2.24) is 5.32 Å². The van der Waals surface area contributed by atoms with Gasteiger partial charge in [-0.15, -0.1) is 0 Å². The Labute approximate surface area is 141 Å². The van der Waals surface area contributed by atoms with Gasteiger partial charge in [-0.2, -0.15) is 0 Å². The third kappa shape index (κ3) is 2.91. The summed E-state index contributed by atoms with van der Waals surface area (Å²) in [6.07, 6.45) is 1.31. The molecule has 0 unspecified atom stereocenters. The second-order valence-corrected chi connectivity index (χ2v) is 5.40. The standard InChI is InChI=1S/C17H10ClFN2O3/c18-11-7-5-10(6-8-11)9-12-15(22)20-17(24)21(16(12)23)14-4-2-1-3-13(14)19/h1-9H,(H,20,22,24)/b12-9+. The zero-order chi connectivity index (χ0) is 17.3. The van der Waals surface area contributed by atoms with Crippen molar-refractivity contribution in [3.63, 3.8) is 0 Å². The van der Waals surface area contributed by atoms with Gasteiger partial charge in [-0.3, -0.25) is 14.9 Å². The lowest BCUT2D eigenvalue weighted by Gasteiger charge is -2.26. The van der Waals surface area contributed by atoms with E-state index in [2.05, 4.69) is 0 Å². The summed E-state index contributed by atoms with van der Waals surface area (Å²) >= 11 is 5.79. The number of amides is 4. The molecule has 1 aliphatic heterocycles. The maximum absolute atomic E-state index is 13.9. The number of nitrogens with one attached hydrogen (secondary N) is 1. The topological polar surface area (TPSA) is 66.5 Å². The second-order valence-electron chi connectivity index (χ2n) is 4.96. The molecule has 24 heavy (non-hydrogen) atoms. The molecule has 0 radical (unpaired) electrons. The van der Waals surface area contributed by atoms with E-state index in [-0.39, 0.29) is 11.3 Å². The fourth-order valence-electron chi connectivity index (χ4n) is 2.23. The molecule has 0 spiro atoms. The van der Waals surface area contributed by atoms with Gasteiger partial charge in [0.25, 0.3) is 11.8 Å². The first-order valence-corrected chi connectivity index (χ1v) is 7.27. The van der Waals surface area contributed by atoms with Crippen LogP contribution >= 0.6 is 11.6 Å². The fraction of sp³-hybridized carbons (Fsp3) is 0. The summed E-state index contributed by atoms with van der Waals surface area (Å²) in [6, 6.07) is 10.7. The van der Waals surface area contributed by atoms with Crippen molar-refractivity contribution in [2.24, 2.45) is 0 Å². The Hall–Kier alpha value is -2.99. The van der Waals surface area contributed by atoms with Crippen molar-refractivity contribution in [3.8, 4) is 0 Å². The molecule has 4 amide bonds. The first-order valence-electron chi connectivity index (χ1n) is 6.89. The Morgan fingerprint density at radius 1 is 1.00 bits per heavy atom. The number of urea groups is 1. The molecule has 2 aromatic rings. The lowest BCUT2D eigenvalue weighted by Crippen LogP contribution is -2.54. The van der Waals surface area contributed by atoms with Gasteiger partial charge < -0.3 is 0 Å². The molecule has 1 N–H and O–H groups in total. The van der Waals surface area contributed by atoms with Crippen LogP contribution in [0.1, 0.15) is 5.56 Å². The minimum Gasteiger partial charge on any atom is -0.273 e. The molecule has 1 saturated heterocycles. The van der Waals surface area contributed by atoms with Crippen LogP contribution in [0.2, 0.25) is 5.02 Å². The van der Waals surface area contributed by atoms with Crippen LogP contribution in [0.4, 0.5) is 14.9 Å². The Morgan fingerprint density at radius 3 is 2.33 bits per heavy atom. The van der Waals surface area contributed by atoms with Gasteiger partial charge >= 0.3 is 6.03 Å². The van der Waals surface area contributed by atoms with E-state index in [1.165, 1.54) is 24.3 Å². The molecular weight excluding hydrogens is 335 g/mol. The minimum atomic E-state index is -0.997. The number of carbonyl (C=O) groups excluding carboxylic acids is 3. The highest BCUT2D eigenvalue weighted by Crippen LogP contribution is 2.24. The summed E-state index contributed by atoms with van der Waals surface area (Å²) in [5.41, 5.74) is 0.0374. The van der Waals surface area contributed by atoms with Gasteiger partial charge in [-0.05, 0) is 35.9 Å². The molecule has 7 heteroatoms. The fourth-order valence-corrected chi connectivity index (χ4v) is 2.36. The molecule has 1 fully saturated rings. The van der Waals surface area contributed by atoms with Crippen LogP contribution < -0.4 is 10.2 Å².